The standard InChI is InChI=1S/C20H29N5O/c1-15-9-18(23-22-15)10-17-13-25(14-19(17)26)20-6-5-16(11-21-20)12-24-7-3-2-4-8-24/h5-6,9,11,17,19,26H,2-4,7-8,10,12-14H2,1H3,(H,22,23)/t17-,19+/m1/s1. The molecule has 0 radical (unpaired) electrons. The van der Waals surface area contributed by atoms with Gasteiger partial charge in [0.15, 0.2) is 0 Å². The van der Waals surface area contributed by atoms with E-state index in [1.165, 1.54) is 37.9 Å². The minimum atomic E-state index is -0.332. The highest BCUT2D eigenvalue weighted by Crippen LogP contribution is 2.25. The van der Waals surface area contributed by atoms with Gasteiger partial charge in [0.2, 0.25) is 0 Å². The lowest BCUT2D eigenvalue weighted by Crippen LogP contribution is -2.29. The van der Waals surface area contributed by atoms with Crippen LogP contribution in [0.25, 0.3) is 0 Å². The number of β-amino-alcohol motifs (C(OH)–C–C–N with tert-alkyl or cyclic N) is 1. The van der Waals surface area contributed by atoms with Crippen LogP contribution in [0.2, 0.25) is 0 Å². The Morgan fingerprint density at radius 1 is 1.19 bits per heavy atom. The summed E-state index contributed by atoms with van der Waals surface area (Å²) >= 11 is 0. The highest BCUT2D eigenvalue weighted by atomic mass is 16.3. The van der Waals surface area contributed by atoms with E-state index < -0.39 is 0 Å². The number of piperidine rings is 1. The number of hydrogen-bond donors (Lipinski definition) is 2. The average Bonchev–Trinajstić information content (AvgIpc) is 3.23. The Labute approximate surface area is 155 Å². The molecule has 0 unspecified atom stereocenters. The second-order valence-electron chi connectivity index (χ2n) is 7.84. The van der Waals surface area contributed by atoms with Crippen molar-refractivity contribution in [3.63, 3.8) is 0 Å². The fourth-order valence-corrected chi connectivity index (χ4v) is 4.16. The number of hydrogen-bond acceptors (Lipinski definition) is 5. The number of nitrogens with zero attached hydrogens (tertiary/aromatic N) is 4. The number of aryl methyl sites for hydroxylation is 1. The Bertz CT molecular complexity index is 707. The first kappa shape index (κ1) is 17.5. The van der Waals surface area contributed by atoms with Gasteiger partial charge in [-0.25, -0.2) is 4.98 Å². The van der Waals surface area contributed by atoms with Crippen LogP contribution >= 0.6 is 0 Å². The maximum atomic E-state index is 10.4. The zero-order chi connectivity index (χ0) is 17.9. The second-order valence-corrected chi connectivity index (χ2v) is 7.84. The molecule has 2 aliphatic heterocycles. The fraction of sp³-hybridized carbons (Fsp3) is 0.600. The molecule has 0 saturated carbocycles. The molecule has 2 N–H and O–H groups in total. The van der Waals surface area contributed by atoms with Crippen LogP contribution in [-0.2, 0) is 13.0 Å². The molecule has 0 spiro atoms. The normalized spacial score (nSPS) is 24.3. The van der Waals surface area contributed by atoms with E-state index >= 15 is 0 Å². The number of aromatic nitrogens is 3. The van der Waals surface area contributed by atoms with Crippen LogP contribution in [0, 0.1) is 12.8 Å². The van der Waals surface area contributed by atoms with Crippen LogP contribution in [0.15, 0.2) is 24.4 Å². The number of anilines is 1. The van der Waals surface area contributed by atoms with Crippen LogP contribution < -0.4 is 4.90 Å². The van der Waals surface area contributed by atoms with Gasteiger partial charge in [0.25, 0.3) is 0 Å². The Balaban J connectivity index is 1.35. The van der Waals surface area contributed by atoms with Crippen molar-refractivity contribution in [2.75, 3.05) is 31.1 Å². The van der Waals surface area contributed by atoms with Crippen molar-refractivity contribution < 1.29 is 5.11 Å². The highest BCUT2D eigenvalue weighted by Gasteiger charge is 2.32. The molecule has 0 aromatic carbocycles. The number of H-pyrrole nitrogens is 1. The van der Waals surface area contributed by atoms with Gasteiger partial charge in [-0.05, 0) is 57.0 Å². The van der Waals surface area contributed by atoms with E-state index in [-0.39, 0.29) is 12.0 Å². The number of rotatable bonds is 5. The largest absolute Gasteiger partial charge is 0.391 e. The van der Waals surface area contributed by atoms with E-state index in [0.717, 1.165) is 36.7 Å². The molecule has 0 aliphatic carbocycles. The van der Waals surface area contributed by atoms with E-state index in [0.29, 0.717) is 6.54 Å². The third-order valence-corrected chi connectivity index (χ3v) is 5.62. The third kappa shape index (κ3) is 4.07. The zero-order valence-electron chi connectivity index (χ0n) is 15.6. The lowest BCUT2D eigenvalue weighted by atomic mass is 10.0. The molecule has 2 fully saturated rings. The molecule has 0 amide bonds. The topological polar surface area (TPSA) is 68.3 Å². The molecule has 4 heterocycles. The summed E-state index contributed by atoms with van der Waals surface area (Å²) in [5, 5.41) is 17.7. The lowest BCUT2D eigenvalue weighted by molar-refractivity contribution is 0.148. The van der Waals surface area contributed by atoms with Crippen molar-refractivity contribution in [1.82, 2.24) is 20.1 Å². The SMILES string of the molecule is Cc1cc(C[C@@H]2CN(c3ccc(CN4CCCCC4)cn3)C[C@@H]2O)n[nH]1. The van der Waals surface area contributed by atoms with Gasteiger partial charge in [0, 0.05) is 37.4 Å². The van der Waals surface area contributed by atoms with Crippen LogP contribution in [0.3, 0.4) is 0 Å². The van der Waals surface area contributed by atoms with Crippen molar-refractivity contribution in [3.8, 4) is 0 Å². The second kappa shape index (κ2) is 7.76. The van der Waals surface area contributed by atoms with Crippen LogP contribution in [0.1, 0.15) is 36.2 Å². The summed E-state index contributed by atoms with van der Waals surface area (Å²) in [6.45, 7) is 6.88. The van der Waals surface area contributed by atoms with Gasteiger partial charge >= 0.3 is 0 Å². The fourth-order valence-electron chi connectivity index (χ4n) is 4.16. The molecule has 2 aliphatic rings. The predicted octanol–water partition coefficient (Wildman–Crippen LogP) is 2.14. The summed E-state index contributed by atoms with van der Waals surface area (Å²) in [5.41, 5.74) is 3.37. The van der Waals surface area contributed by atoms with Gasteiger partial charge in [-0.3, -0.25) is 10.00 Å². The Morgan fingerprint density at radius 2 is 2.04 bits per heavy atom. The lowest BCUT2D eigenvalue weighted by Gasteiger charge is -2.26. The molecule has 0 bridgehead atoms. The van der Waals surface area contributed by atoms with E-state index in [9.17, 15) is 5.11 Å². The number of nitrogens with one attached hydrogen (secondary N) is 1. The zero-order valence-corrected chi connectivity index (χ0v) is 15.6. The van der Waals surface area contributed by atoms with E-state index in [1.807, 2.05) is 13.1 Å². The molecule has 2 saturated heterocycles. The first-order chi connectivity index (χ1) is 12.7. The quantitative estimate of drug-likeness (QED) is 0.860. The summed E-state index contributed by atoms with van der Waals surface area (Å²) in [6, 6.07) is 6.35. The predicted molar refractivity (Wildman–Crippen MR) is 102 cm³/mol. The average molecular weight is 355 g/mol. The molecule has 2 aromatic rings. The maximum Gasteiger partial charge on any atom is 0.128 e. The van der Waals surface area contributed by atoms with Crippen LogP contribution in [0.4, 0.5) is 5.82 Å². The Morgan fingerprint density at radius 3 is 2.73 bits per heavy atom. The first-order valence-electron chi connectivity index (χ1n) is 9.78. The van der Waals surface area contributed by atoms with E-state index in [1.54, 1.807) is 0 Å². The summed E-state index contributed by atoms with van der Waals surface area (Å²) in [7, 11) is 0. The van der Waals surface area contributed by atoms with Gasteiger partial charge in [0.05, 0.1) is 11.8 Å². The van der Waals surface area contributed by atoms with Crippen LogP contribution in [-0.4, -0.2) is 57.5 Å². The minimum absolute atomic E-state index is 0.201. The molecule has 26 heavy (non-hydrogen) atoms. The van der Waals surface area contributed by atoms with E-state index in [4.69, 9.17) is 0 Å². The number of aliphatic hydroxyl groups is 1. The summed E-state index contributed by atoms with van der Waals surface area (Å²) in [4.78, 5) is 9.38. The van der Waals surface area contributed by atoms with Gasteiger partial charge in [-0.2, -0.15) is 5.10 Å². The smallest absolute Gasteiger partial charge is 0.128 e. The molecule has 6 heteroatoms. The maximum absolute atomic E-state index is 10.4. The molecular weight excluding hydrogens is 326 g/mol. The van der Waals surface area contributed by atoms with Crippen LogP contribution in [0.5, 0.6) is 0 Å². The van der Waals surface area contributed by atoms with Gasteiger partial charge in [0.1, 0.15) is 5.82 Å². The molecule has 6 nitrogen and oxygen atoms in total. The van der Waals surface area contributed by atoms with Crippen molar-refractivity contribution in [3.05, 3.63) is 41.3 Å². The van der Waals surface area contributed by atoms with Crippen molar-refractivity contribution in [1.29, 1.82) is 0 Å². The number of aliphatic hydroxyl groups excluding tert-OH is 1. The Hall–Kier alpha value is -1.92. The summed E-state index contributed by atoms with van der Waals surface area (Å²) < 4.78 is 0. The third-order valence-electron chi connectivity index (χ3n) is 5.62. The number of likely N-dealkylation sites (tertiary alicyclic amines) is 1. The molecule has 4 rings (SSSR count). The number of pyridine rings is 1. The van der Waals surface area contributed by atoms with Gasteiger partial charge < -0.3 is 10.0 Å². The minimum Gasteiger partial charge on any atom is -0.391 e. The molecular formula is C20H29N5O. The van der Waals surface area contributed by atoms with Gasteiger partial charge in [-0.1, -0.05) is 12.5 Å². The molecule has 2 aromatic heterocycles. The highest BCUT2D eigenvalue weighted by molar-refractivity contribution is 5.41. The monoisotopic (exact) mass is 355 g/mol. The van der Waals surface area contributed by atoms with Gasteiger partial charge in [-0.15, -0.1) is 0 Å². The molecule has 140 valence electrons. The number of aromatic amines is 1. The van der Waals surface area contributed by atoms with Crippen molar-refractivity contribution in [2.45, 2.75) is 45.3 Å². The Kier molecular flexibility index (Phi) is 5.22. The summed E-state index contributed by atoms with van der Waals surface area (Å²) in [5.74, 6) is 1.17. The molecule has 2 atom stereocenters. The summed E-state index contributed by atoms with van der Waals surface area (Å²) in [6.07, 6.45) is 6.46. The van der Waals surface area contributed by atoms with E-state index in [2.05, 4.69) is 43.2 Å². The van der Waals surface area contributed by atoms with Crippen molar-refractivity contribution in [2.24, 2.45) is 5.92 Å². The van der Waals surface area contributed by atoms with Crippen molar-refractivity contribution >= 4 is 5.82 Å². The first-order valence-corrected chi connectivity index (χ1v) is 9.78.